The molecule has 5 nitrogen and oxygen atoms in total. The highest BCUT2D eigenvalue weighted by Crippen LogP contribution is 2.32. The maximum absolute atomic E-state index is 12.9. The van der Waals surface area contributed by atoms with Gasteiger partial charge in [0, 0.05) is 25.7 Å². The minimum absolute atomic E-state index is 0.181. The third kappa shape index (κ3) is 8.33. The number of rotatable bonds is 6. The Morgan fingerprint density at radius 3 is 2.29 bits per heavy atom. The maximum Gasteiger partial charge on any atom is 0.524 e. The van der Waals surface area contributed by atoms with Crippen LogP contribution in [0.1, 0.15) is 56.5 Å². The van der Waals surface area contributed by atoms with Gasteiger partial charge in [-0.3, -0.25) is 9.64 Å². The number of alkyl halides is 5. The summed E-state index contributed by atoms with van der Waals surface area (Å²) in [5.74, 6) is 0. The summed E-state index contributed by atoms with van der Waals surface area (Å²) >= 11 is 12.1. The number of piperidine rings is 1. The third-order valence-corrected chi connectivity index (χ3v) is 5.47. The molecule has 2 rings (SSSR count). The molecule has 1 aromatic carbocycles. The first-order chi connectivity index (χ1) is 14.3. The summed E-state index contributed by atoms with van der Waals surface area (Å²) < 4.78 is 48.5. The third-order valence-electron chi connectivity index (χ3n) is 5.00. The number of benzene rings is 1. The van der Waals surface area contributed by atoms with Gasteiger partial charge >= 0.3 is 12.5 Å². The Bertz CT molecular complexity index is 733. The Balaban J connectivity index is 2.16. The molecule has 1 aliphatic rings. The van der Waals surface area contributed by atoms with Crippen LogP contribution >= 0.6 is 23.2 Å². The van der Waals surface area contributed by atoms with Gasteiger partial charge in [0.2, 0.25) is 0 Å². The van der Waals surface area contributed by atoms with Gasteiger partial charge in [-0.25, -0.2) is 4.79 Å². The topological polar surface area (TPSA) is 42.0 Å². The van der Waals surface area contributed by atoms with E-state index in [0.29, 0.717) is 31.5 Å². The molecule has 1 aliphatic heterocycles. The molecule has 1 atom stereocenters. The van der Waals surface area contributed by atoms with Crippen LogP contribution in [0.2, 0.25) is 0 Å². The van der Waals surface area contributed by atoms with E-state index in [1.165, 1.54) is 6.92 Å². The first-order valence-electron chi connectivity index (χ1n) is 10.1. The first-order valence-corrected chi connectivity index (χ1v) is 11.0. The van der Waals surface area contributed by atoms with Gasteiger partial charge in [0.15, 0.2) is 0 Å². The second kappa shape index (κ2) is 10.6. The van der Waals surface area contributed by atoms with Gasteiger partial charge in [0.1, 0.15) is 16.7 Å². The minimum atomic E-state index is -4.77. The number of halogens is 5. The molecule has 1 fully saturated rings. The standard InChI is InChI=1S/C21H29Cl2F3N2O3/c1-14(30-21(24,25)26)28(13-15-7-5-6-8-17(15)18(22)23)16-9-11-27(12-10-16)19(29)31-20(2,3)4/h5-8,14,16,18H,9-13H2,1-4H3. The molecular weight excluding hydrogens is 456 g/mol. The van der Waals surface area contributed by atoms with Crippen molar-refractivity contribution in [2.75, 3.05) is 13.1 Å². The van der Waals surface area contributed by atoms with Gasteiger partial charge in [-0.15, -0.1) is 36.4 Å². The number of likely N-dealkylation sites (tertiary alicyclic amines) is 1. The molecule has 1 heterocycles. The molecule has 1 amide bonds. The normalized spacial score (nSPS) is 17.3. The quantitative estimate of drug-likeness (QED) is 0.353. The van der Waals surface area contributed by atoms with Crippen molar-refractivity contribution in [3.63, 3.8) is 0 Å². The molecule has 31 heavy (non-hydrogen) atoms. The van der Waals surface area contributed by atoms with Crippen LogP contribution in [0.15, 0.2) is 24.3 Å². The number of hydrogen-bond donors (Lipinski definition) is 0. The van der Waals surface area contributed by atoms with Crippen LogP contribution < -0.4 is 0 Å². The largest absolute Gasteiger partial charge is 0.524 e. The van der Waals surface area contributed by atoms with Crippen LogP contribution in [-0.4, -0.2) is 53.2 Å². The first kappa shape index (κ1) is 26.0. The lowest BCUT2D eigenvalue weighted by Crippen LogP contribution is -2.51. The van der Waals surface area contributed by atoms with E-state index in [2.05, 4.69) is 4.74 Å². The van der Waals surface area contributed by atoms with E-state index < -0.39 is 29.1 Å². The van der Waals surface area contributed by atoms with Crippen molar-refractivity contribution in [2.24, 2.45) is 0 Å². The monoisotopic (exact) mass is 484 g/mol. The lowest BCUT2D eigenvalue weighted by Gasteiger charge is -2.41. The van der Waals surface area contributed by atoms with E-state index in [4.69, 9.17) is 27.9 Å². The van der Waals surface area contributed by atoms with Crippen LogP contribution in [-0.2, 0) is 16.0 Å². The molecular formula is C21H29Cl2F3N2O3. The maximum atomic E-state index is 12.9. The zero-order chi connectivity index (χ0) is 23.4. The molecule has 1 saturated heterocycles. The van der Waals surface area contributed by atoms with Crippen LogP contribution in [0.4, 0.5) is 18.0 Å². The van der Waals surface area contributed by atoms with Crippen molar-refractivity contribution in [2.45, 2.75) is 76.2 Å². The molecule has 1 aromatic rings. The van der Waals surface area contributed by atoms with Crippen molar-refractivity contribution in [1.29, 1.82) is 0 Å². The van der Waals surface area contributed by atoms with Crippen molar-refractivity contribution < 1.29 is 27.4 Å². The van der Waals surface area contributed by atoms with Gasteiger partial charge in [0.05, 0.1) is 0 Å². The van der Waals surface area contributed by atoms with Gasteiger partial charge in [-0.05, 0) is 51.7 Å². The molecule has 0 radical (unpaired) electrons. The summed E-state index contributed by atoms with van der Waals surface area (Å²) in [7, 11) is 0. The number of nitrogens with zero attached hydrogens (tertiary/aromatic N) is 2. The molecule has 0 spiro atoms. The lowest BCUT2D eigenvalue weighted by atomic mass is 10.0. The number of amides is 1. The van der Waals surface area contributed by atoms with Gasteiger partial charge in [-0.2, -0.15) is 0 Å². The highest BCUT2D eigenvalue weighted by Gasteiger charge is 2.38. The van der Waals surface area contributed by atoms with Crippen molar-refractivity contribution >= 4 is 29.3 Å². The van der Waals surface area contributed by atoms with Crippen LogP contribution in [0.5, 0.6) is 0 Å². The predicted octanol–water partition coefficient (Wildman–Crippen LogP) is 6.25. The van der Waals surface area contributed by atoms with Gasteiger partial charge in [-0.1, -0.05) is 24.3 Å². The fourth-order valence-corrected chi connectivity index (χ4v) is 4.04. The molecule has 0 aliphatic carbocycles. The fraction of sp³-hybridized carbons (Fsp3) is 0.667. The molecule has 176 valence electrons. The van der Waals surface area contributed by atoms with Gasteiger partial charge < -0.3 is 9.64 Å². The predicted molar refractivity (Wildman–Crippen MR) is 114 cm³/mol. The lowest BCUT2D eigenvalue weighted by molar-refractivity contribution is -0.360. The van der Waals surface area contributed by atoms with Crippen molar-refractivity contribution in [3.05, 3.63) is 35.4 Å². The van der Waals surface area contributed by atoms with E-state index in [0.717, 1.165) is 5.56 Å². The Morgan fingerprint density at radius 2 is 1.77 bits per heavy atom. The molecule has 0 bridgehead atoms. The molecule has 0 N–H and O–H groups in total. The molecule has 0 saturated carbocycles. The highest BCUT2D eigenvalue weighted by molar-refractivity contribution is 6.44. The molecule has 0 aromatic heterocycles. The Kier molecular flexibility index (Phi) is 8.90. The fourth-order valence-electron chi connectivity index (χ4n) is 3.61. The summed E-state index contributed by atoms with van der Waals surface area (Å²) in [6.45, 7) is 7.67. The number of carbonyl (C=O) groups excluding carboxylic acids is 1. The zero-order valence-corrected chi connectivity index (χ0v) is 19.6. The van der Waals surface area contributed by atoms with Crippen LogP contribution in [0.3, 0.4) is 0 Å². The van der Waals surface area contributed by atoms with E-state index >= 15 is 0 Å². The molecule has 1 unspecified atom stereocenters. The summed E-state index contributed by atoms with van der Waals surface area (Å²) in [5.41, 5.74) is 0.754. The van der Waals surface area contributed by atoms with E-state index in [1.807, 2.05) is 0 Å². The van der Waals surface area contributed by atoms with E-state index in [9.17, 15) is 18.0 Å². The Hall–Kier alpha value is -1.22. The number of hydrogen-bond acceptors (Lipinski definition) is 4. The second-order valence-corrected chi connectivity index (χ2v) is 9.63. The average molecular weight is 485 g/mol. The smallest absolute Gasteiger partial charge is 0.444 e. The summed E-state index contributed by atoms with van der Waals surface area (Å²) in [4.78, 5) is 14.7. The van der Waals surface area contributed by atoms with Crippen LogP contribution in [0.25, 0.3) is 0 Å². The highest BCUT2D eigenvalue weighted by atomic mass is 35.5. The summed E-state index contributed by atoms with van der Waals surface area (Å²) in [5, 5.41) is 0. The van der Waals surface area contributed by atoms with Crippen molar-refractivity contribution in [3.8, 4) is 0 Å². The van der Waals surface area contributed by atoms with E-state index in [-0.39, 0.29) is 12.6 Å². The van der Waals surface area contributed by atoms with Crippen molar-refractivity contribution in [1.82, 2.24) is 9.80 Å². The second-order valence-electron chi connectivity index (χ2n) is 8.53. The number of ether oxygens (including phenoxy) is 2. The molecule has 10 heteroatoms. The van der Waals surface area contributed by atoms with Crippen LogP contribution in [0, 0.1) is 0 Å². The van der Waals surface area contributed by atoms with Gasteiger partial charge in [0.25, 0.3) is 0 Å². The average Bonchev–Trinajstić information content (AvgIpc) is 2.63. The van der Waals surface area contributed by atoms with E-state index in [1.54, 1.807) is 54.8 Å². The SMILES string of the molecule is CC(OC(F)(F)F)N(Cc1ccccc1C(Cl)Cl)C1CCN(C(=O)OC(C)(C)C)CC1. The zero-order valence-electron chi connectivity index (χ0n) is 18.1. The number of carbonyl (C=O) groups is 1. The summed E-state index contributed by atoms with van der Waals surface area (Å²) in [6.07, 6.45) is -5.45. The summed E-state index contributed by atoms with van der Waals surface area (Å²) in [6, 6.07) is 6.87. The Morgan fingerprint density at radius 1 is 1.19 bits per heavy atom. The Labute approximate surface area is 191 Å². The minimum Gasteiger partial charge on any atom is -0.444 e.